The molecule has 2 aliphatic rings. The van der Waals surface area contributed by atoms with Gasteiger partial charge in [-0.1, -0.05) is 12.8 Å². The number of carbonyl (C=O) groups is 1. The number of fused-ring (bicyclic) bond motifs is 1. The molecule has 0 bridgehead atoms. The van der Waals surface area contributed by atoms with Crippen LogP contribution in [-0.2, 0) is 4.74 Å². The number of nitrogen functional groups attached to an aromatic ring is 1. The van der Waals surface area contributed by atoms with Crippen molar-refractivity contribution in [3.8, 4) is 0 Å². The lowest BCUT2D eigenvalue weighted by atomic mass is 9.89. The predicted molar refractivity (Wildman–Crippen MR) is 80.2 cm³/mol. The summed E-state index contributed by atoms with van der Waals surface area (Å²) in [6.07, 6.45) is 5.18. The highest BCUT2D eigenvalue weighted by Crippen LogP contribution is 2.33. The first-order chi connectivity index (χ1) is 9.66. The number of anilines is 2. The molecule has 0 amide bonds. The number of rotatable bonds is 2. The van der Waals surface area contributed by atoms with Gasteiger partial charge in [0.1, 0.15) is 0 Å². The van der Waals surface area contributed by atoms with Crippen LogP contribution in [-0.4, -0.2) is 31.1 Å². The Balaban J connectivity index is 1.91. The third-order valence-electron chi connectivity index (χ3n) is 4.48. The summed E-state index contributed by atoms with van der Waals surface area (Å²) in [7, 11) is 0. The van der Waals surface area contributed by atoms with Crippen molar-refractivity contribution >= 4 is 17.2 Å². The first-order valence-electron chi connectivity index (χ1n) is 7.45. The van der Waals surface area contributed by atoms with E-state index in [2.05, 4.69) is 4.90 Å². The molecule has 2 N–H and O–H groups in total. The van der Waals surface area contributed by atoms with Gasteiger partial charge in [-0.2, -0.15) is 0 Å². The molecular weight excluding hydrogens is 252 g/mol. The number of benzene rings is 1. The molecule has 4 heteroatoms. The average molecular weight is 274 g/mol. The molecule has 20 heavy (non-hydrogen) atoms. The van der Waals surface area contributed by atoms with Gasteiger partial charge in [0.2, 0.25) is 0 Å². The van der Waals surface area contributed by atoms with Crippen LogP contribution in [0.25, 0.3) is 0 Å². The molecule has 2 fully saturated rings. The van der Waals surface area contributed by atoms with Crippen LogP contribution in [0.4, 0.5) is 11.4 Å². The lowest BCUT2D eigenvalue weighted by Crippen LogP contribution is -2.52. The van der Waals surface area contributed by atoms with E-state index in [9.17, 15) is 4.79 Å². The molecule has 1 aromatic carbocycles. The minimum Gasteiger partial charge on any atom is -0.398 e. The second kappa shape index (κ2) is 5.44. The van der Waals surface area contributed by atoms with Crippen molar-refractivity contribution in [2.24, 2.45) is 0 Å². The van der Waals surface area contributed by atoms with Crippen molar-refractivity contribution < 1.29 is 9.53 Å². The Labute approximate surface area is 119 Å². The van der Waals surface area contributed by atoms with E-state index in [4.69, 9.17) is 10.5 Å². The Morgan fingerprint density at radius 2 is 2.15 bits per heavy atom. The lowest BCUT2D eigenvalue weighted by molar-refractivity contribution is -0.00867. The minimum absolute atomic E-state index is 0.0257. The van der Waals surface area contributed by atoms with E-state index in [1.54, 1.807) is 6.92 Å². The van der Waals surface area contributed by atoms with Crippen molar-refractivity contribution in [1.29, 1.82) is 0 Å². The Morgan fingerprint density at radius 1 is 1.35 bits per heavy atom. The number of carbonyl (C=O) groups excluding carboxylic acids is 1. The second-order valence-corrected chi connectivity index (χ2v) is 5.78. The Morgan fingerprint density at radius 3 is 2.95 bits per heavy atom. The molecular formula is C16H22N2O2. The summed E-state index contributed by atoms with van der Waals surface area (Å²) >= 11 is 0. The normalized spacial score (nSPS) is 26.1. The van der Waals surface area contributed by atoms with Gasteiger partial charge in [-0.3, -0.25) is 4.79 Å². The van der Waals surface area contributed by atoms with Crippen molar-refractivity contribution in [2.75, 3.05) is 23.8 Å². The van der Waals surface area contributed by atoms with Crippen LogP contribution in [0.2, 0.25) is 0 Å². The summed E-state index contributed by atoms with van der Waals surface area (Å²) in [4.78, 5) is 14.1. The van der Waals surface area contributed by atoms with E-state index in [0.29, 0.717) is 23.4 Å². The van der Waals surface area contributed by atoms with Crippen LogP contribution in [0.5, 0.6) is 0 Å². The van der Waals surface area contributed by atoms with Gasteiger partial charge in [-0.15, -0.1) is 0 Å². The Hall–Kier alpha value is -1.55. The molecule has 1 heterocycles. The number of ketones is 1. The van der Waals surface area contributed by atoms with Gasteiger partial charge in [-0.25, -0.2) is 0 Å². The topological polar surface area (TPSA) is 55.6 Å². The van der Waals surface area contributed by atoms with E-state index in [1.165, 1.54) is 19.3 Å². The van der Waals surface area contributed by atoms with E-state index < -0.39 is 0 Å². The SMILES string of the molecule is CC(=O)c1cc(N2CCOC3CCCCC32)ccc1N. The second-order valence-electron chi connectivity index (χ2n) is 5.78. The number of Topliss-reactive ketones (excluding diaryl/α,β-unsaturated/α-hetero) is 1. The van der Waals surface area contributed by atoms with E-state index in [-0.39, 0.29) is 5.78 Å². The molecule has 1 saturated carbocycles. The van der Waals surface area contributed by atoms with Crippen molar-refractivity contribution in [3.63, 3.8) is 0 Å². The van der Waals surface area contributed by atoms with Crippen molar-refractivity contribution in [1.82, 2.24) is 0 Å². The van der Waals surface area contributed by atoms with E-state index in [0.717, 1.165) is 25.3 Å². The molecule has 3 rings (SSSR count). The summed E-state index contributed by atoms with van der Waals surface area (Å²) in [6, 6.07) is 6.26. The number of ether oxygens (including phenoxy) is 1. The van der Waals surface area contributed by atoms with Crippen LogP contribution in [0.1, 0.15) is 43.0 Å². The predicted octanol–water partition coefficient (Wildman–Crippen LogP) is 2.62. The largest absolute Gasteiger partial charge is 0.398 e. The number of morpholine rings is 1. The molecule has 0 radical (unpaired) electrons. The van der Waals surface area contributed by atoms with Gasteiger partial charge in [0.15, 0.2) is 5.78 Å². The number of nitrogens with zero attached hydrogens (tertiary/aromatic N) is 1. The maximum atomic E-state index is 11.7. The number of hydrogen-bond donors (Lipinski definition) is 1. The minimum atomic E-state index is 0.0257. The van der Waals surface area contributed by atoms with Gasteiger partial charge in [0.05, 0.1) is 18.8 Å². The molecule has 1 aromatic rings. The molecule has 0 spiro atoms. The molecule has 0 aromatic heterocycles. The van der Waals surface area contributed by atoms with Crippen molar-refractivity contribution in [3.05, 3.63) is 23.8 Å². The van der Waals surface area contributed by atoms with Crippen LogP contribution >= 0.6 is 0 Å². The van der Waals surface area contributed by atoms with Crippen LogP contribution in [0, 0.1) is 0 Å². The zero-order chi connectivity index (χ0) is 14.1. The van der Waals surface area contributed by atoms with Crippen LogP contribution < -0.4 is 10.6 Å². The van der Waals surface area contributed by atoms with E-state index in [1.807, 2.05) is 18.2 Å². The Kier molecular flexibility index (Phi) is 3.66. The highest BCUT2D eigenvalue weighted by atomic mass is 16.5. The molecule has 2 unspecified atom stereocenters. The van der Waals surface area contributed by atoms with Gasteiger partial charge in [0.25, 0.3) is 0 Å². The summed E-state index contributed by atoms with van der Waals surface area (Å²) in [6.45, 7) is 3.22. The standard InChI is InChI=1S/C16H22N2O2/c1-11(19)13-10-12(6-7-14(13)17)18-8-9-20-16-5-3-2-4-15(16)18/h6-7,10,15-16H,2-5,8-9,17H2,1H3. The lowest BCUT2D eigenvalue weighted by Gasteiger charge is -2.45. The highest BCUT2D eigenvalue weighted by Gasteiger charge is 2.34. The zero-order valence-corrected chi connectivity index (χ0v) is 12.0. The monoisotopic (exact) mass is 274 g/mol. The number of nitrogens with two attached hydrogens (primary N) is 1. The van der Waals surface area contributed by atoms with E-state index >= 15 is 0 Å². The molecule has 1 saturated heterocycles. The Bertz CT molecular complexity index is 513. The quantitative estimate of drug-likeness (QED) is 0.665. The summed E-state index contributed by atoms with van der Waals surface area (Å²) in [5, 5.41) is 0. The van der Waals surface area contributed by atoms with Gasteiger partial charge in [0, 0.05) is 23.5 Å². The molecule has 1 aliphatic carbocycles. The molecule has 2 atom stereocenters. The third-order valence-corrected chi connectivity index (χ3v) is 4.48. The smallest absolute Gasteiger partial charge is 0.161 e. The highest BCUT2D eigenvalue weighted by molar-refractivity contribution is 6.00. The molecule has 108 valence electrons. The first kappa shape index (κ1) is 13.4. The van der Waals surface area contributed by atoms with Crippen molar-refractivity contribution in [2.45, 2.75) is 44.8 Å². The average Bonchev–Trinajstić information content (AvgIpc) is 2.47. The molecule has 4 nitrogen and oxygen atoms in total. The van der Waals surface area contributed by atoms with Gasteiger partial charge < -0.3 is 15.4 Å². The number of hydrogen-bond acceptors (Lipinski definition) is 4. The maximum Gasteiger partial charge on any atom is 0.161 e. The van der Waals surface area contributed by atoms with Crippen LogP contribution in [0.15, 0.2) is 18.2 Å². The fourth-order valence-electron chi connectivity index (χ4n) is 3.44. The fraction of sp³-hybridized carbons (Fsp3) is 0.562. The summed E-state index contributed by atoms with van der Waals surface area (Å²) in [5.74, 6) is 0.0257. The summed E-state index contributed by atoms with van der Waals surface area (Å²) < 4.78 is 5.90. The first-order valence-corrected chi connectivity index (χ1v) is 7.45. The summed E-state index contributed by atoms with van der Waals surface area (Å²) in [5.41, 5.74) is 8.18. The van der Waals surface area contributed by atoms with Crippen LogP contribution in [0.3, 0.4) is 0 Å². The molecule has 1 aliphatic heterocycles. The zero-order valence-electron chi connectivity index (χ0n) is 12.0. The van der Waals surface area contributed by atoms with Gasteiger partial charge >= 0.3 is 0 Å². The van der Waals surface area contributed by atoms with Gasteiger partial charge in [-0.05, 0) is 38.0 Å². The maximum absolute atomic E-state index is 11.7. The fourth-order valence-corrected chi connectivity index (χ4v) is 3.44. The third kappa shape index (κ3) is 2.40.